The van der Waals surface area contributed by atoms with Crippen molar-refractivity contribution in [3.63, 3.8) is 0 Å². The molecular weight excluding hydrogens is 388 g/mol. The predicted octanol–water partition coefficient (Wildman–Crippen LogP) is 3.39. The van der Waals surface area contributed by atoms with Crippen molar-refractivity contribution in [3.05, 3.63) is 89.1 Å². The molecule has 0 aliphatic carbocycles. The Kier molecular flexibility index (Phi) is 7.33. The summed E-state index contributed by atoms with van der Waals surface area (Å²) in [4.78, 5) is 20.6. The molecule has 0 amide bonds. The number of rotatable bonds is 8. The van der Waals surface area contributed by atoms with E-state index < -0.39 is 0 Å². The number of carbonyl (C=O) groups excluding carboxylic acids is 1. The van der Waals surface area contributed by atoms with E-state index in [1.165, 1.54) is 6.20 Å². The van der Waals surface area contributed by atoms with Crippen molar-refractivity contribution in [1.82, 2.24) is 10.3 Å². The van der Waals surface area contributed by atoms with E-state index in [4.69, 9.17) is 16.0 Å². The number of aliphatic imine (C=N–C) groups is 1. The van der Waals surface area contributed by atoms with Gasteiger partial charge in [-0.1, -0.05) is 30.3 Å². The van der Waals surface area contributed by atoms with Crippen molar-refractivity contribution in [2.75, 3.05) is 24.1 Å². The van der Waals surface area contributed by atoms with Gasteiger partial charge in [0.15, 0.2) is 5.78 Å². The van der Waals surface area contributed by atoms with Gasteiger partial charge < -0.3 is 16.4 Å². The smallest absolute Gasteiger partial charge is 0.159 e. The molecule has 0 saturated heterocycles. The number of carbonyl (C=O) groups is 1. The maximum Gasteiger partial charge on any atom is 0.159 e. The SMILES string of the molecule is CC(=O)c1cccc(CN=C(NCCNc2ccc(C#N)cn2)c2ccccc2N)c1. The number of para-hydroxylation sites is 1. The normalized spacial score (nSPS) is 10.9. The lowest BCUT2D eigenvalue weighted by Crippen LogP contribution is -2.30. The molecule has 156 valence electrons. The molecule has 2 aromatic carbocycles. The molecule has 0 spiro atoms. The zero-order valence-corrected chi connectivity index (χ0v) is 17.3. The molecule has 0 atom stereocenters. The summed E-state index contributed by atoms with van der Waals surface area (Å²) >= 11 is 0. The van der Waals surface area contributed by atoms with E-state index in [-0.39, 0.29) is 5.78 Å². The van der Waals surface area contributed by atoms with Gasteiger partial charge in [0, 0.05) is 36.1 Å². The van der Waals surface area contributed by atoms with Crippen LogP contribution < -0.4 is 16.4 Å². The highest BCUT2D eigenvalue weighted by molar-refractivity contribution is 6.03. The minimum absolute atomic E-state index is 0.0268. The van der Waals surface area contributed by atoms with Gasteiger partial charge in [-0.2, -0.15) is 5.26 Å². The van der Waals surface area contributed by atoms with E-state index in [0.717, 1.165) is 11.1 Å². The van der Waals surface area contributed by atoms with Gasteiger partial charge in [-0.15, -0.1) is 0 Å². The van der Waals surface area contributed by atoms with Crippen molar-refractivity contribution in [2.24, 2.45) is 4.99 Å². The fourth-order valence-corrected chi connectivity index (χ4v) is 2.94. The fourth-order valence-electron chi connectivity index (χ4n) is 2.94. The van der Waals surface area contributed by atoms with Crippen LogP contribution in [0.1, 0.15) is 34.0 Å². The van der Waals surface area contributed by atoms with Crippen molar-refractivity contribution >= 4 is 23.1 Å². The lowest BCUT2D eigenvalue weighted by molar-refractivity contribution is 0.101. The Morgan fingerprint density at radius 2 is 1.97 bits per heavy atom. The summed E-state index contributed by atoms with van der Waals surface area (Å²) in [5, 5.41) is 15.4. The maximum atomic E-state index is 11.6. The second-order valence-corrected chi connectivity index (χ2v) is 6.91. The van der Waals surface area contributed by atoms with Gasteiger partial charge in [0.25, 0.3) is 0 Å². The molecule has 0 aliphatic rings. The number of nitrogen functional groups attached to an aromatic ring is 1. The van der Waals surface area contributed by atoms with Crippen LogP contribution in [0.4, 0.5) is 11.5 Å². The second kappa shape index (κ2) is 10.6. The molecular formula is C24H24N6O. The Morgan fingerprint density at radius 3 is 2.68 bits per heavy atom. The fraction of sp³-hybridized carbons (Fsp3) is 0.167. The summed E-state index contributed by atoms with van der Waals surface area (Å²) in [5.41, 5.74) is 9.75. The van der Waals surface area contributed by atoms with E-state index in [2.05, 4.69) is 15.6 Å². The minimum atomic E-state index is 0.0268. The van der Waals surface area contributed by atoms with Gasteiger partial charge in [0.05, 0.1) is 12.1 Å². The molecule has 7 nitrogen and oxygen atoms in total. The van der Waals surface area contributed by atoms with Crippen molar-refractivity contribution in [2.45, 2.75) is 13.5 Å². The Labute approximate surface area is 181 Å². The number of nitrogens with one attached hydrogen (secondary N) is 2. The third-order valence-corrected chi connectivity index (χ3v) is 4.59. The largest absolute Gasteiger partial charge is 0.398 e. The molecule has 31 heavy (non-hydrogen) atoms. The molecule has 4 N–H and O–H groups in total. The standard InChI is InChI=1S/C24H24N6O/c1-17(31)20-6-4-5-18(13-20)15-30-24(21-7-2-3-8-22(21)26)28-12-11-27-23-10-9-19(14-25)16-29-23/h2-10,13,16H,11-12,15,26H2,1H3,(H,27,29)(H,28,30). The molecule has 0 fully saturated rings. The third kappa shape index (κ3) is 6.15. The number of nitrogens with two attached hydrogens (primary N) is 1. The number of ketones is 1. The number of pyridine rings is 1. The summed E-state index contributed by atoms with van der Waals surface area (Å²) in [7, 11) is 0. The topological polar surface area (TPSA) is 116 Å². The number of aromatic nitrogens is 1. The van der Waals surface area contributed by atoms with E-state index in [1.807, 2.05) is 48.5 Å². The highest BCUT2D eigenvalue weighted by Crippen LogP contribution is 2.13. The summed E-state index contributed by atoms with van der Waals surface area (Å²) in [6.45, 7) is 3.16. The van der Waals surface area contributed by atoms with Crippen LogP contribution in [-0.2, 0) is 6.54 Å². The zero-order valence-electron chi connectivity index (χ0n) is 17.3. The van der Waals surface area contributed by atoms with Crippen LogP contribution in [0.25, 0.3) is 0 Å². The lowest BCUT2D eigenvalue weighted by Gasteiger charge is -2.13. The number of Topliss-reactive ketones (excluding diaryl/α,β-unsaturated/α-hetero) is 1. The van der Waals surface area contributed by atoms with Gasteiger partial charge in [-0.3, -0.25) is 9.79 Å². The molecule has 0 bridgehead atoms. The van der Waals surface area contributed by atoms with Crippen molar-refractivity contribution < 1.29 is 4.79 Å². The Hall–Kier alpha value is -4.18. The number of amidine groups is 1. The molecule has 0 radical (unpaired) electrons. The number of nitrogens with zero attached hydrogens (tertiary/aromatic N) is 3. The number of benzene rings is 2. The van der Waals surface area contributed by atoms with Gasteiger partial charge in [-0.05, 0) is 42.8 Å². The second-order valence-electron chi connectivity index (χ2n) is 6.91. The summed E-state index contributed by atoms with van der Waals surface area (Å²) < 4.78 is 0. The Bertz CT molecular complexity index is 1120. The maximum absolute atomic E-state index is 11.6. The lowest BCUT2D eigenvalue weighted by atomic mass is 10.1. The molecule has 1 aromatic heterocycles. The first-order valence-corrected chi connectivity index (χ1v) is 9.90. The van der Waals surface area contributed by atoms with Crippen LogP contribution in [0.15, 0.2) is 71.9 Å². The van der Waals surface area contributed by atoms with E-state index in [1.54, 1.807) is 25.1 Å². The Morgan fingerprint density at radius 1 is 1.13 bits per heavy atom. The molecule has 0 saturated carbocycles. The predicted molar refractivity (Wildman–Crippen MR) is 123 cm³/mol. The highest BCUT2D eigenvalue weighted by Gasteiger charge is 2.07. The highest BCUT2D eigenvalue weighted by atomic mass is 16.1. The van der Waals surface area contributed by atoms with E-state index in [9.17, 15) is 4.79 Å². The van der Waals surface area contributed by atoms with Crippen LogP contribution in [0.2, 0.25) is 0 Å². The zero-order chi connectivity index (χ0) is 22.1. The molecule has 3 aromatic rings. The molecule has 7 heteroatoms. The number of hydrogen-bond acceptors (Lipinski definition) is 6. The minimum Gasteiger partial charge on any atom is -0.398 e. The quantitative estimate of drug-likeness (QED) is 0.172. The average molecular weight is 412 g/mol. The van der Waals surface area contributed by atoms with Gasteiger partial charge in [0.1, 0.15) is 17.7 Å². The Balaban J connectivity index is 1.68. The first-order chi connectivity index (χ1) is 15.1. The number of hydrogen-bond donors (Lipinski definition) is 3. The van der Waals surface area contributed by atoms with Crippen molar-refractivity contribution in [3.8, 4) is 6.07 Å². The van der Waals surface area contributed by atoms with Crippen LogP contribution in [0.5, 0.6) is 0 Å². The first-order valence-electron chi connectivity index (χ1n) is 9.90. The van der Waals surface area contributed by atoms with Crippen molar-refractivity contribution in [1.29, 1.82) is 5.26 Å². The first kappa shape index (κ1) is 21.5. The van der Waals surface area contributed by atoms with E-state index >= 15 is 0 Å². The molecule has 0 aliphatic heterocycles. The summed E-state index contributed by atoms with van der Waals surface area (Å²) in [5.74, 6) is 1.40. The average Bonchev–Trinajstić information content (AvgIpc) is 2.80. The van der Waals surface area contributed by atoms with E-state index in [0.29, 0.717) is 48.1 Å². The van der Waals surface area contributed by atoms with Crippen LogP contribution >= 0.6 is 0 Å². The summed E-state index contributed by atoms with van der Waals surface area (Å²) in [6.07, 6.45) is 1.53. The van der Waals surface area contributed by atoms with Gasteiger partial charge in [0.2, 0.25) is 0 Å². The third-order valence-electron chi connectivity index (χ3n) is 4.59. The van der Waals surface area contributed by atoms with Gasteiger partial charge >= 0.3 is 0 Å². The van der Waals surface area contributed by atoms with Crippen LogP contribution in [0, 0.1) is 11.3 Å². The van der Waals surface area contributed by atoms with Crippen LogP contribution in [-0.4, -0.2) is 29.7 Å². The molecule has 1 heterocycles. The number of anilines is 2. The monoisotopic (exact) mass is 412 g/mol. The summed E-state index contributed by atoms with van der Waals surface area (Å²) in [6, 6.07) is 20.5. The van der Waals surface area contributed by atoms with Crippen LogP contribution in [0.3, 0.4) is 0 Å². The molecule has 0 unspecified atom stereocenters. The number of nitriles is 1. The molecule has 3 rings (SSSR count). The van der Waals surface area contributed by atoms with Gasteiger partial charge in [-0.25, -0.2) is 4.98 Å².